The average molecular weight is 496 g/mol. The fourth-order valence-corrected chi connectivity index (χ4v) is 3.84. The van der Waals surface area contributed by atoms with Gasteiger partial charge in [0.2, 0.25) is 0 Å². The van der Waals surface area contributed by atoms with Gasteiger partial charge in [-0.2, -0.15) is 0 Å². The van der Waals surface area contributed by atoms with Crippen LogP contribution in [0, 0.1) is 6.92 Å². The minimum absolute atomic E-state index is 0.106. The maximum absolute atomic E-state index is 12.0. The monoisotopic (exact) mass is 493 g/mol. The van der Waals surface area contributed by atoms with Crippen molar-refractivity contribution in [3.05, 3.63) is 60.4 Å². The molecule has 0 radical (unpaired) electrons. The van der Waals surface area contributed by atoms with E-state index in [1.165, 1.54) is 12.1 Å². The largest absolute Gasteiger partial charge is 0.452 e. The molecule has 0 aromatic heterocycles. The molecule has 126 valence electrons. The Balaban J connectivity index is 2.01. The summed E-state index contributed by atoms with van der Waals surface area (Å²) in [5, 5.41) is 3.22. The fraction of sp³-hybridized carbons (Fsp3) is 0.125. The highest BCUT2D eigenvalue weighted by molar-refractivity contribution is 9.11. The molecule has 0 aliphatic rings. The first kappa shape index (κ1) is 19.2. The van der Waals surface area contributed by atoms with Crippen LogP contribution in [0.25, 0.3) is 0 Å². The van der Waals surface area contributed by atoms with Gasteiger partial charge in [-0.25, -0.2) is 4.79 Å². The fourth-order valence-electron chi connectivity index (χ4n) is 1.86. The van der Waals surface area contributed by atoms with E-state index in [9.17, 15) is 9.59 Å². The molecular formula is C16H11Br2Cl2NO3. The summed E-state index contributed by atoms with van der Waals surface area (Å²) in [5.41, 5.74) is 1.69. The molecule has 2 rings (SSSR count). The second kappa shape index (κ2) is 8.34. The van der Waals surface area contributed by atoms with E-state index in [-0.39, 0.29) is 10.6 Å². The second-order valence-electron chi connectivity index (χ2n) is 4.85. The Morgan fingerprint density at radius 1 is 1.12 bits per heavy atom. The van der Waals surface area contributed by atoms with E-state index in [0.29, 0.717) is 19.7 Å². The van der Waals surface area contributed by atoms with Crippen LogP contribution >= 0.6 is 55.1 Å². The van der Waals surface area contributed by atoms with Crippen molar-refractivity contribution in [1.82, 2.24) is 0 Å². The quantitative estimate of drug-likeness (QED) is 0.560. The number of nitrogens with one attached hydrogen (secondary N) is 1. The van der Waals surface area contributed by atoms with Crippen LogP contribution in [0.2, 0.25) is 10.0 Å². The van der Waals surface area contributed by atoms with Gasteiger partial charge in [0.05, 0.1) is 16.3 Å². The lowest BCUT2D eigenvalue weighted by atomic mass is 10.2. The first-order valence-electron chi connectivity index (χ1n) is 6.65. The van der Waals surface area contributed by atoms with Gasteiger partial charge in [-0.1, -0.05) is 23.2 Å². The van der Waals surface area contributed by atoms with Gasteiger partial charge in [-0.15, -0.1) is 0 Å². The highest BCUT2D eigenvalue weighted by atomic mass is 79.9. The molecule has 2 aromatic rings. The number of ether oxygens (including phenoxy) is 1. The minimum atomic E-state index is -0.723. The molecule has 0 bridgehead atoms. The van der Waals surface area contributed by atoms with Crippen molar-refractivity contribution in [2.75, 3.05) is 11.9 Å². The third kappa shape index (κ3) is 4.96. The Morgan fingerprint density at radius 2 is 1.75 bits per heavy atom. The molecule has 0 saturated heterocycles. The van der Waals surface area contributed by atoms with E-state index in [4.69, 9.17) is 27.9 Å². The van der Waals surface area contributed by atoms with Crippen LogP contribution in [0.5, 0.6) is 0 Å². The van der Waals surface area contributed by atoms with E-state index in [0.717, 1.165) is 5.56 Å². The predicted octanol–water partition coefficient (Wildman–Crippen LogP) is 5.62. The van der Waals surface area contributed by atoms with Crippen LogP contribution in [0.3, 0.4) is 0 Å². The number of rotatable bonds is 4. The predicted molar refractivity (Wildman–Crippen MR) is 102 cm³/mol. The number of benzene rings is 2. The summed E-state index contributed by atoms with van der Waals surface area (Å²) in [5.74, 6) is -1.20. The third-order valence-corrected chi connectivity index (χ3v) is 4.75. The first-order chi connectivity index (χ1) is 11.3. The zero-order valence-electron chi connectivity index (χ0n) is 12.3. The number of amides is 1. The number of carbonyl (C=O) groups is 2. The van der Waals surface area contributed by atoms with Crippen molar-refractivity contribution >= 4 is 72.6 Å². The van der Waals surface area contributed by atoms with Crippen LogP contribution in [0.15, 0.2) is 39.3 Å². The molecule has 24 heavy (non-hydrogen) atoms. The Morgan fingerprint density at radius 3 is 2.38 bits per heavy atom. The second-order valence-corrected chi connectivity index (χ2v) is 7.40. The van der Waals surface area contributed by atoms with Gasteiger partial charge >= 0.3 is 5.97 Å². The van der Waals surface area contributed by atoms with Crippen molar-refractivity contribution in [2.24, 2.45) is 0 Å². The first-order valence-corrected chi connectivity index (χ1v) is 9.00. The molecule has 0 atom stereocenters. The van der Waals surface area contributed by atoms with E-state index < -0.39 is 18.5 Å². The Hall–Kier alpha value is -1.08. The Kier molecular flexibility index (Phi) is 6.69. The number of esters is 1. The summed E-state index contributed by atoms with van der Waals surface area (Å²) in [6.45, 7) is 1.48. The highest BCUT2D eigenvalue weighted by Gasteiger charge is 2.16. The highest BCUT2D eigenvalue weighted by Crippen LogP contribution is 2.32. The van der Waals surface area contributed by atoms with Crippen molar-refractivity contribution in [3.63, 3.8) is 0 Å². The molecule has 1 N–H and O–H groups in total. The molecule has 0 unspecified atom stereocenters. The molecule has 0 aliphatic heterocycles. The SMILES string of the molecule is Cc1cc(Br)c(NC(=O)COC(=O)c2cc(Cl)ccc2Cl)c(Br)c1. The van der Waals surface area contributed by atoms with Crippen LogP contribution in [0.4, 0.5) is 5.69 Å². The normalized spacial score (nSPS) is 10.4. The van der Waals surface area contributed by atoms with Gasteiger partial charge in [0.15, 0.2) is 6.61 Å². The van der Waals surface area contributed by atoms with Crippen molar-refractivity contribution in [1.29, 1.82) is 0 Å². The molecule has 0 fully saturated rings. The maximum Gasteiger partial charge on any atom is 0.340 e. The molecule has 0 spiro atoms. The smallest absolute Gasteiger partial charge is 0.340 e. The lowest BCUT2D eigenvalue weighted by Crippen LogP contribution is -2.21. The summed E-state index contributed by atoms with van der Waals surface area (Å²) < 4.78 is 6.41. The third-order valence-electron chi connectivity index (χ3n) is 2.93. The molecule has 4 nitrogen and oxygen atoms in total. The summed E-state index contributed by atoms with van der Waals surface area (Å²) in [7, 11) is 0. The van der Waals surface area contributed by atoms with Crippen LogP contribution in [0.1, 0.15) is 15.9 Å². The molecule has 1 amide bonds. The summed E-state index contributed by atoms with van der Waals surface area (Å²) in [4.78, 5) is 24.0. The summed E-state index contributed by atoms with van der Waals surface area (Å²) in [6.07, 6.45) is 0. The van der Waals surface area contributed by atoms with Gasteiger partial charge in [-0.05, 0) is 74.7 Å². The van der Waals surface area contributed by atoms with Crippen molar-refractivity contribution in [2.45, 2.75) is 6.92 Å². The number of hydrogen-bond donors (Lipinski definition) is 1. The minimum Gasteiger partial charge on any atom is -0.452 e. The van der Waals surface area contributed by atoms with E-state index in [1.807, 2.05) is 19.1 Å². The average Bonchev–Trinajstić information content (AvgIpc) is 2.50. The standard InChI is InChI=1S/C16H11Br2Cl2NO3/c1-8-4-11(17)15(12(18)5-8)21-14(22)7-24-16(23)10-6-9(19)2-3-13(10)20/h2-6H,7H2,1H3,(H,21,22). The number of halogens is 4. The molecule has 8 heteroatoms. The zero-order valence-corrected chi connectivity index (χ0v) is 17.0. The Bertz CT molecular complexity index is 789. The van der Waals surface area contributed by atoms with Gasteiger partial charge in [0.25, 0.3) is 5.91 Å². The zero-order chi connectivity index (χ0) is 17.9. The van der Waals surface area contributed by atoms with Crippen LogP contribution < -0.4 is 5.32 Å². The van der Waals surface area contributed by atoms with Crippen molar-refractivity contribution in [3.8, 4) is 0 Å². The van der Waals surface area contributed by atoms with Gasteiger partial charge in [-0.3, -0.25) is 4.79 Å². The van der Waals surface area contributed by atoms with Crippen LogP contribution in [-0.4, -0.2) is 18.5 Å². The number of anilines is 1. The lowest BCUT2D eigenvalue weighted by Gasteiger charge is -2.11. The molecular weight excluding hydrogens is 485 g/mol. The van der Waals surface area contributed by atoms with E-state index in [1.54, 1.807) is 6.07 Å². The number of carbonyl (C=O) groups excluding carboxylic acids is 2. The van der Waals surface area contributed by atoms with Gasteiger partial charge in [0.1, 0.15) is 0 Å². The maximum atomic E-state index is 12.0. The number of aryl methyl sites for hydroxylation is 1. The van der Waals surface area contributed by atoms with Gasteiger partial charge in [0, 0.05) is 14.0 Å². The summed E-state index contributed by atoms with van der Waals surface area (Å²) >= 11 is 18.5. The Labute approximate surface area is 165 Å². The van der Waals surface area contributed by atoms with Gasteiger partial charge < -0.3 is 10.1 Å². The van der Waals surface area contributed by atoms with Crippen molar-refractivity contribution < 1.29 is 14.3 Å². The van der Waals surface area contributed by atoms with E-state index in [2.05, 4.69) is 37.2 Å². The topological polar surface area (TPSA) is 55.4 Å². The lowest BCUT2D eigenvalue weighted by molar-refractivity contribution is -0.119. The summed E-state index contributed by atoms with van der Waals surface area (Å²) in [6, 6.07) is 8.15. The molecule has 0 heterocycles. The molecule has 0 aliphatic carbocycles. The number of hydrogen-bond acceptors (Lipinski definition) is 3. The van der Waals surface area contributed by atoms with Crippen LogP contribution in [-0.2, 0) is 9.53 Å². The molecule has 2 aromatic carbocycles. The van der Waals surface area contributed by atoms with E-state index >= 15 is 0 Å². The molecule has 0 saturated carbocycles.